The zero-order chi connectivity index (χ0) is 24.8. The lowest BCUT2D eigenvalue weighted by Crippen LogP contribution is -2.24. The Labute approximate surface area is 200 Å². The van der Waals surface area contributed by atoms with Gasteiger partial charge in [0, 0.05) is 31.0 Å². The number of nitrogen functional groups attached to an aromatic ring is 1. The first-order chi connectivity index (χ1) is 16.9. The van der Waals surface area contributed by atoms with Crippen molar-refractivity contribution in [2.75, 3.05) is 11.1 Å². The number of hydrogen-bond acceptors (Lipinski definition) is 6. The highest BCUT2D eigenvalue weighted by atomic mass is 19.2. The highest BCUT2D eigenvalue weighted by molar-refractivity contribution is 5.99. The van der Waals surface area contributed by atoms with E-state index < -0.39 is 17.5 Å². The number of nitrogens with one attached hydrogen (secondary N) is 2. The maximum absolute atomic E-state index is 13.4. The number of hydrogen-bond donors (Lipinski definition) is 3. The average molecular weight is 470 g/mol. The van der Waals surface area contributed by atoms with E-state index in [9.17, 15) is 18.8 Å². The van der Waals surface area contributed by atoms with Gasteiger partial charge in [0.15, 0.2) is 11.6 Å². The summed E-state index contributed by atoms with van der Waals surface area (Å²) in [6.45, 7) is 0.357. The van der Waals surface area contributed by atoms with E-state index >= 15 is 0 Å². The van der Waals surface area contributed by atoms with E-state index in [2.05, 4.69) is 20.6 Å². The fraction of sp³-hybridized carbons (Fsp3) is 0.0769. The van der Waals surface area contributed by atoms with E-state index in [0.29, 0.717) is 23.7 Å². The molecule has 4 rings (SSSR count). The van der Waals surface area contributed by atoms with Gasteiger partial charge in [-0.1, -0.05) is 30.3 Å². The van der Waals surface area contributed by atoms with Crippen molar-refractivity contribution < 1.29 is 13.6 Å². The van der Waals surface area contributed by atoms with Crippen LogP contribution >= 0.6 is 0 Å². The van der Waals surface area contributed by atoms with E-state index in [0.717, 1.165) is 28.8 Å². The maximum Gasteiger partial charge on any atom is 0.255 e. The molecular formula is C26H20F2N6O. The van der Waals surface area contributed by atoms with Crippen LogP contribution in [0.4, 0.5) is 20.4 Å². The van der Waals surface area contributed by atoms with Crippen molar-refractivity contribution in [3.8, 4) is 17.2 Å². The van der Waals surface area contributed by atoms with Crippen LogP contribution in [-0.4, -0.2) is 15.9 Å². The number of anilines is 2. The summed E-state index contributed by atoms with van der Waals surface area (Å²) in [5.74, 6) is -1.72. The Balaban J connectivity index is 1.45. The number of carbonyl (C=O) groups is 1. The number of pyridine rings is 2. The number of rotatable bonds is 7. The van der Waals surface area contributed by atoms with Crippen LogP contribution in [0.15, 0.2) is 73.1 Å². The Hall–Kier alpha value is -4.84. The lowest BCUT2D eigenvalue weighted by molar-refractivity contribution is 0.0951. The zero-order valence-corrected chi connectivity index (χ0v) is 18.4. The number of nitriles is 1. The Morgan fingerprint density at radius 2 is 1.63 bits per heavy atom. The van der Waals surface area contributed by atoms with Crippen LogP contribution in [0.2, 0.25) is 0 Å². The van der Waals surface area contributed by atoms with Crippen molar-refractivity contribution in [1.29, 1.82) is 5.26 Å². The number of aromatic nitrogens is 2. The van der Waals surface area contributed by atoms with Gasteiger partial charge in [-0.05, 0) is 47.0 Å². The summed E-state index contributed by atoms with van der Waals surface area (Å²) >= 11 is 0. The smallest absolute Gasteiger partial charge is 0.255 e. The maximum atomic E-state index is 13.4. The lowest BCUT2D eigenvalue weighted by Gasteiger charge is -2.12. The summed E-state index contributed by atoms with van der Waals surface area (Å²) in [6, 6.07) is 18.2. The predicted molar refractivity (Wildman–Crippen MR) is 128 cm³/mol. The van der Waals surface area contributed by atoms with Crippen molar-refractivity contribution in [3.05, 3.63) is 107 Å². The number of amides is 1. The zero-order valence-electron chi connectivity index (χ0n) is 18.4. The van der Waals surface area contributed by atoms with Crippen LogP contribution in [0, 0.1) is 23.0 Å². The normalized spacial score (nSPS) is 10.4. The molecule has 0 aliphatic heterocycles. The quantitative estimate of drug-likeness (QED) is 0.368. The molecule has 2 heterocycles. The minimum Gasteiger partial charge on any atom is -0.384 e. The first kappa shape index (κ1) is 23.3. The van der Waals surface area contributed by atoms with Gasteiger partial charge in [-0.2, -0.15) is 5.26 Å². The van der Waals surface area contributed by atoms with E-state index in [4.69, 9.17) is 5.73 Å². The second-order valence-corrected chi connectivity index (χ2v) is 7.69. The molecule has 35 heavy (non-hydrogen) atoms. The topological polar surface area (TPSA) is 117 Å². The molecule has 0 bridgehead atoms. The summed E-state index contributed by atoms with van der Waals surface area (Å²) in [6.07, 6.45) is 3.07. The van der Waals surface area contributed by atoms with Gasteiger partial charge >= 0.3 is 0 Å². The molecule has 0 aliphatic rings. The highest BCUT2D eigenvalue weighted by Gasteiger charge is 2.15. The fourth-order valence-electron chi connectivity index (χ4n) is 3.34. The molecule has 2 aromatic heterocycles. The molecule has 0 fully saturated rings. The van der Waals surface area contributed by atoms with Gasteiger partial charge in [0.25, 0.3) is 5.91 Å². The molecular weight excluding hydrogens is 450 g/mol. The largest absolute Gasteiger partial charge is 0.384 e. The monoisotopic (exact) mass is 470 g/mol. The molecule has 2 aromatic carbocycles. The number of halogens is 2. The molecule has 0 spiro atoms. The fourth-order valence-corrected chi connectivity index (χ4v) is 3.34. The molecule has 0 atom stereocenters. The molecule has 0 aliphatic carbocycles. The van der Waals surface area contributed by atoms with Crippen LogP contribution in [0.25, 0.3) is 11.1 Å². The van der Waals surface area contributed by atoms with Gasteiger partial charge in [-0.15, -0.1) is 0 Å². The van der Waals surface area contributed by atoms with Crippen molar-refractivity contribution in [2.45, 2.75) is 13.1 Å². The van der Waals surface area contributed by atoms with Gasteiger partial charge in [0.2, 0.25) is 0 Å². The molecule has 4 aromatic rings. The van der Waals surface area contributed by atoms with Gasteiger partial charge in [0.05, 0.1) is 11.1 Å². The van der Waals surface area contributed by atoms with Crippen molar-refractivity contribution >= 4 is 17.5 Å². The van der Waals surface area contributed by atoms with Gasteiger partial charge in [0.1, 0.15) is 17.7 Å². The molecule has 9 heteroatoms. The minimum absolute atomic E-state index is 0.0201. The van der Waals surface area contributed by atoms with Crippen molar-refractivity contribution in [2.24, 2.45) is 0 Å². The standard InChI is InChI=1S/C26H20F2N6O/c27-22-7-3-17(10-23(22)28)13-34-26(35)21-9-18(11-29)14-33-25(21)32-12-16-1-4-19(5-2-16)20-6-8-24(30)31-15-20/h1-10,14-15H,12-13H2,(H2,30,31)(H,32,33)(H,34,35). The van der Waals surface area contributed by atoms with E-state index in [1.165, 1.54) is 18.3 Å². The van der Waals surface area contributed by atoms with Crippen LogP contribution in [0.1, 0.15) is 27.0 Å². The predicted octanol–water partition coefficient (Wildman–Crippen LogP) is 4.42. The van der Waals surface area contributed by atoms with Crippen LogP contribution < -0.4 is 16.4 Å². The minimum atomic E-state index is -0.995. The van der Waals surface area contributed by atoms with Crippen LogP contribution in [-0.2, 0) is 13.1 Å². The van der Waals surface area contributed by atoms with E-state index in [1.54, 1.807) is 12.3 Å². The van der Waals surface area contributed by atoms with Gasteiger partial charge in [-0.3, -0.25) is 4.79 Å². The SMILES string of the molecule is N#Cc1cnc(NCc2ccc(-c3ccc(N)nc3)cc2)c(C(=O)NCc2ccc(F)c(F)c2)c1. The summed E-state index contributed by atoms with van der Waals surface area (Å²) < 4.78 is 26.6. The summed E-state index contributed by atoms with van der Waals surface area (Å²) in [5.41, 5.74) is 9.27. The summed E-state index contributed by atoms with van der Waals surface area (Å²) in [7, 11) is 0. The second-order valence-electron chi connectivity index (χ2n) is 7.69. The Morgan fingerprint density at radius 1 is 0.886 bits per heavy atom. The number of nitrogens with zero attached hydrogens (tertiary/aromatic N) is 3. The molecule has 7 nitrogen and oxygen atoms in total. The molecule has 4 N–H and O–H groups in total. The lowest BCUT2D eigenvalue weighted by atomic mass is 10.1. The van der Waals surface area contributed by atoms with Crippen molar-refractivity contribution in [1.82, 2.24) is 15.3 Å². The van der Waals surface area contributed by atoms with E-state index in [-0.39, 0.29) is 17.7 Å². The first-order valence-corrected chi connectivity index (χ1v) is 10.6. The average Bonchev–Trinajstić information content (AvgIpc) is 2.88. The first-order valence-electron chi connectivity index (χ1n) is 10.6. The molecule has 1 amide bonds. The third kappa shape index (κ3) is 5.75. The number of nitrogens with two attached hydrogens (primary N) is 1. The molecule has 174 valence electrons. The molecule has 0 unspecified atom stereocenters. The summed E-state index contributed by atoms with van der Waals surface area (Å²) in [5, 5.41) is 15.0. The Morgan fingerprint density at radius 3 is 2.31 bits per heavy atom. The van der Waals surface area contributed by atoms with Gasteiger partial charge < -0.3 is 16.4 Å². The molecule has 0 saturated carbocycles. The van der Waals surface area contributed by atoms with Crippen LogP contribution in [0.5, 0.6) is 0 Å². The Kier molecular flexibility index (Phi) is 6.93. The molecule has 0 saturated heterocycles. The van der Waals surface area contributed by atoms with E-state index in [1.807, 2.05) is 36.4 Å². The second kappa shape index (κ2) is 10.4. The summed E-state index contributed by atoms with van der Waals surface area (Å²) in [4.78, 5) is 21.1. The van der Waals surface area contributed by atoms with Gasteiger partial charge in [-0.25, -0.2) is 18.7 Å². The highest BCUT2D eigenvalue weighted by Crippen LogP contribution is 2.21. The number of carbonyl (C=O) groups excluding carboxylic acids is 1. The van der Waals surface area contributed by atoms with Crippen LogP contribution in [0.3, 0.4) is 0 Å². The Bertz CT molecular complexity index is 1400. The number of benzene rings is 2. The third-order valence-corrected chi connectivity index (χ3v) is 5.23. The van der Waals surface area contributed by atoms with Crippen molar-refractivity contribution in [3.63, 3.8) is 0 Å². The molecule has 0 radical (unpaired) electrons. The third-order valence-electron chi connectivity index (χ3n) is 5.23.